The van der Waals surface area contributed by atoms with Crippen LogP contribution in [-0.2, 0) is 30.9 Å². The first-order chi connectivity index (χ1) is 15.2. The Balaban J connectivity index is 1.61. The number of aromatic nitrogens is 5. The van der Waals surface area contributed by atoms with E-state index in [9.17, 15) is 4.79 Å². The Kier molecular flexibility index (Phi) is 6.39. The lowest BCUT2D eigenvalue weighted by Crippen LogP contribution is -2.28. The lowest BCUT2D eigenvalue weighted by Gasteiger charge is -2.20. The van der Waals surface area contributed by atoms with Crippen molar-refractivity contribution < 1.29 is 13.9 Å². The van der Waals surface area contributed by atoms with Crippen LogP contribution in [0.1, 0.15) is 17.1 Å². The number of nitrogens with one attached hydrogen (secondary N) is 1. The number of ether oxygens (including phenoxy) is 2. The van der Waals surface area contributed by atoms with E-state index in [1.807, 2.05) is 36.4 Å². The van der Waals surface area contributed by atoms with Crippen LogP contribution in [0.4, 0.5) is 0 Å². The molecule has 3 aromatic heterocycles. The van der Waals surface area contributed by atoms with Gasteiger partial charge in [-0.3, -0.25) is 9.69 Å². The average Bonchev–Trinajstić information content (AvgIpc) is 3.44. The Morgan fingerprint density at radius 3 is 2.84 bits per heavy atom. The summed E-state index contributed by atoms with van der Waals surface area (Å²) in [6, 6.07) is 11.2. The number of aromatic amines is 1. The molecule has 0 saturated heterocycles. The Hall–Kier alpha value is -3.50. The minimum Gasteiger partial charge on any atom is -0.497 e. The molecule has 4 rings (SSSR count). The number of hydrogen-bond donors (Lipinski definition) is 1. The van der Waals surface area contributed by atoms with Crippen LogP contribution in [0.2, 0.25) is 0 Å². The van der Waals surface area contributed by atoms with Gasteiger partial charge in [-0.1, -0.05) is 0 Å². The maximum Gasteiger partial charge on any atom is 0.252 e. The van der Waals surface area contributed by atoms with Crippen molar-refractivity contribution >= 4 is 10.9 Å². The summed E-state index contributed by atoms with van der Waals surface area (Å²) in [6.07, 6.45) is 1.63. The van der Waals surface area contributed by atoms with Crippen molar-refractivity contribution in [1.29, 1.82) is 0 Å². The van der Waals surface area contributed by atoms with Crippen LogP contribution in [0, 0.1) is 0 Å². The number of methoxy groups -OCH3 is 2. The van der Waals surface area contributed by atoms with Crippen molar-refractivity contribution in [1.82, 2.24) is 30.1 Å². The van der Waals surface area contributed by atoms with E-state index >= 15 is 0 Å². The van der Waals surface area contributed by atoms with Crippen molar-refractivity contribution in [2.75, 3.05) is 20.8 Å². The number of H-pyrrole nitrogens is 1. The second-order valence-electron chi connectivity index (χ2n) is 7.11. The standard InChI is InChI=1S/C21H24N6O4/c1-29-9-7-27-20(23-24-25-27)14-26(13-18-4-3-8-31-18)12-16-10-15-5-6-17(30-2)11-19(15)22-21(16)28/h3-6,8,10-11H,7,9,12-14H2,1-2H3,(H,22,28). The van der Waals surface area contributed by atoms with E-state index in [1.165, 1.54) is 0 Å². The highest BCUT2D eigenvalue weighted by Crippen LogP contribution is 2.20. The lowest BCUT2D eigenvalue weighted by molar-refractivity contribution is 0.176. The van der Waals surface area contributed by atoms with E-state index in [4.69, 9.17) is 13.9 Å². The summed E-state index contributed by atoms with van der Waals surface area (Å²) in [5.74, 6) is 2.17. The molecule has 0 aliphatic rings. The topological polar surface area (TPSA) is 111 Å². The molecule has 0 bridgehead atoms. The number of tetrazole rings is 1. The van der Waals surface area contributed by atoms with E-state index in [-0.39, 0.29) is 5.56 Å². The Morgan fingerprint density at radius 2 is 2.06 bits per heavy atom. The van der Waals surface area contributed by atoms with Crippen LogP contribution in [-0.4, -0.2) is 50.9 Å². The van der Waals surface area contributed by atoms with Crippen LogP contribution in [0.25, 0.3) is 10.9 Å². The Morgan fingerprint density at radius 1 is 1.16 bits per heavy atom. The molecule has 10 nitrogen and oxygen atoms in total. The number of pyridine rings is 1. The number of nitrogens with zero attached hydrogens (tertiary/aromatic N) is 5. The van der Waals surface area contributed by atoms with E-state index in [1.54, 1.807) is 25.2 Å². The molecule has 1 aromatic carbocycles. The van der Waals surface area contributed by atoms with Gasteiger partial charge in [-0.25, -0.2) is 4.68 Å². The van der Waals surface area contributed by atoms with Gasteiger partial charge >= 0.3 is 0 Å². The molecule has 3 heterocycles. The van der Waals surface area contributed by atoms with Gasteiger partial charge in [0.2, 0.25) is 0 Å². The minimum atomic E-state index is -0.149. The summed E-state index contributed by atoms with van der Waals surface area (Å²) >= 11 is 0. The molecule has 0 radical (unpaired) electrons. The van der Waals surface area contributed by atoms with Crippen LogP contribution < -0.4 is 10.3 Å². The van der Waals surface area contributed by atoms with Gasteiger partial charge in [-0.05, 0) is 46.1 Å². The molecule has 0 spiro atoms. The summed E-state index contributed by atoms with van der Waals surface area (Å²) in [5, 5.41) is 12.9. The molecule has 0 aliphatic heterocycles. The number of rotatable bonds is 10. The zero-order valence-electron chi connectivity index (χ0n) is 17.4. The second-order valence-corrected chi connectivity index (χ2v) is 7.11. The summed E-state index contributed by atoms with van der Waals surface area (Å²) < 4.78 is 17.6. The van der Waals surface area contributed by atoms with Crippen LogP contribution in [0.3, 0.4) is 0 Å². The number of fused-ring (bicyclic) bond motifs is 1. The molecule has 0 aliphatic carbocycles. The average molecular weight is 424 g/mol. The number of benzene rings is 1. The first-order valence-corrected chi connectivity index (χ1v) is 9.85. The highest BCUT2D eigenvalue weighted by atomic mass is 16.5. The van der Waals surface area contributed by atoms with Gasteiger partial charge in [0, 0.05) is 25.3 Å². The SMILES string of the molecule is COCCn1nnnc1CN(Cc1ccco1)Cc1cc2ccc(OC)cc2[nH]c1=O. The quantitative estimate of drug-likeness (QED) is 0.411. The van der Waals surface area contributed by atoms with Gasteiger partial charge in [0.15, 0.2) is 5.82 Å². The summed E-state index contributed by atoms with van der Waals surface area (Å²) in [7, 11) is 3.23. The predicted molar refractivity (Wildman–Crippen MR) is 112 cm³/mol. The molecule has 1 N–H and O–H groups in total. The van der Waals surface area contributed by atoms with E-state index in [2.05, 4.69) is 25.4 Å². The van der Waals surface area contributed by atoms with Gasteiger partial charge < -0.3 is 18.9 Å². The fourth-order valence-corrected chi connectivity index (χ4v) is 3.39. The first-order valence-electron chi connectivity index (χ1n) is 9.85. The highest BCUT2D eigenvalue weighted by Gasteiger charge is 2.17. The third-order valence-corrected chi connectivity index (χ3v) is 4.96. The fourth-order valence-electron chi connectivity index (χ4n) is 3.39. The molecule has 4 aromatic rings. The largest absolute Gasteiger partial charge is 0.497 e. The molecule has 0 saturated carbocycles. The highest BCUT2D eigenvalue weighted by molar-refractivity contribution is 5.80. The maximum absolute atomic E-state index is 12.8. The van der Waals surface area contributed by atoms with Gasteiger partial charge in [0.1, 0.15) is 11.5 Å². The van der Waals surface area contributed by atoms with Gasteiger partial charge in [0.25, 0.3) is 5.56 Å². The lowest BCUT2D eigenvalue weighted by atomic mass is 10.1. The summed E-state index contributed by atoms with van der Waals surface area (Å²) in [6.45, 7) is 2.40. The van der Waals surface area contributed by atoms with Crippen molar-refractivity contribution in [3.63, 3.8) is 0 Å². The molecule has 0 unspecified atom stereocenters. The van der Waals surface area contributed by atoms with Crippen molar-refractivity contribution in [2.45, 2.75) is 26.2 Å². The maximum atomic E-state index is 12.8. The molecule has 162 valence electrons. The van der Waals surface area contributed by atoms with Crippen molar-refractivity contribution in [3.05, 3.63) is 70.2 Å². The van der Waals surface area contributed by atoms with Gasteiger partial charge in [0.05, 0.1) is 45.1 Å². The van der Waals surface area contributed by atoms with Crippen molar-refractivity contribution in [2.24, 2.45) is 0 Å². The predicted octanol–water partition coefficient (Wildman–Crippen LogP) is 1.96. The summed E-state index contributed by atoms with van der Waals surface area (Å²) in [5.41, 5.74) is 1.22. The normalized spacial score (nSPS) is 11.5. The zero-order valence-corrected chi connectivity index (χ0v) is 17.4. The molecule has 0 amide bonds. The third kappa shape index (κ3) is 4.98. The molecule has 10 heteroatoms. The van der Waals surface area contributed by atoms with Crippen molar-refractivity contribution in [3.8, 4) is 5.75 Å². The van der Waals surface area contributed by atoms with Crippen LogP contribution in [0.5, 0.6) is 5.75 Å². The monoisotopic (exact) mass is 424 g/mol. The van der Waals surface area contributed by atoms with Crippen LogP contribution >= 0.6 is 0 Å². The first kappa shape index (κ1) is 20.8. The van der Waals surface area contributed by atoms with E-state index in [0.717, 1.165) is 16.7 Å². The summed E-state index contributed by atoms with van der Waals surface area (Å²) in [4.78, 5) is 17.8. The smallest absolute Gasteiger partial charge is 0.252 e. The van der Waals surface area contributed by atoms with E-state index < -0.39 is 0 Å². The molecular weight excluding hydrogens is 400 g/mol. The second kappa shape index (κ2) is 9.54. The van der Waals surface area contributed by atoms with Gasteiger partial charge in [-0.15, -0.1) is 5.10 Å². The van der Waals surface area contributed by atoms with Crippen LogP contribution in [0.15, 0.2) is 51.9 Å². The number of hydrogen-bond acceptors (Lipinski definition) is 8. The molecule has 31 heavy (non-hydrogen) atoms. The van der Waals surface area contributed by atoms with Gasteiger partial charge in [-0.2, -0.15) is 0 Å². The molecular formula is C21H24N6O4. The number of furan rings is 1. The molecule has 0 atom stereocenters. The fraction of sp³-hybridized carbons (Fsp3) is 0.333. The van der Waals surface area contributed by atoms with E-state index in [0.29, 0.717) is 49.9 Å². The Bertz CT molecular complexity index is 1180. The Labute approximate surface area is 178 Å². The third-order valence-electron chi connectivity index (χ3n) is 4.96. The zero-order chi connectivity index (χ0) is 21.6. The minimum absolute atomic E-state index is 0.149. The molecule has 0 fully saturated rings.